The maximum absolute atomic E-state index is 12.5. The van der Waals surface area contributed by atoms with E-state index >= 15 is 0 Å². The first kappa shape index (κ1) is 18.6. The monoisotopic (exact) mass is 365 g/mol. The van der Waals surface area contributed by atoms with Gasteiger partial charge in [0, 0.05) is 31.6 Å². The highest BCUT2D eigenvalue weighted by Crippen LogP contribution is 2.16. The molecule has 0 aromatic heterocycles. The van der Waals surface area contributed by atoms with Gasteiger partial charge in [-0.1, -0.05) is 30.3 Å². The molecule has 1 heterocycles. The lowest BCUT2D eigenvalue weighted by atomic mass is 10.1. The molecule has 140 valence electrons. The Kier molecular flexibility index (Phi) is 6.20. The third kappa shape index (κ3) is 4.94. The Morgan fingerprint density at radius 2 is 1.70 bits per heavy atom. The molecule has 1 aliphatic heterocycles. The zero-order valence-corrected chi connectivity index (χ0v) is 15.1. The predicted molar refractivity (Wildman–Crippen MR) is 104 cm³/mol. The summed E-state index contributed by atoms with van der Waals surface area (Å²) in [7, 11) is 0. The minimum absolute atomic E-state index is 0.190. The van der Waals surface area contributed by atoms with Gasteiger partial charge in [0.05, 0.1) is 11.3 Å². The average molecular weight is 365 g/mol. The molecule has 3 amide bonds. The molecular formula is C21H23N3O3. The Morgan fingerprint density at radius 3 is 2.44 bits per heavy atom. The van der Waals surface area contributed by atoms with Crippen LogP contribution in [-0.2, 0) is 4.79 Å². The van der Waals surface area contributed by atoms with Crippen molar-refractivity contribution in [2.24, 2.45) is 0 Å². The van der Waals surface area contributed by atoms with E-state index in [4.69, 9.17) is 0 Å². The average Bonchev–Trinajstić information content (AvgIpc) is 3.11. The molecule has 1 aliphatic rings. The molecule has 0 atom stereocenters. The molecule has 27 heavy (non-hydrogen) atoms. The van der Waals surface area contributed by atoms with E-state index in [1.807, 2.05) is 11.0 Å². The van der Waals surface area contributed by atoms with Crippen LogP contribution in [0.4, 0.5) is 5.69 Å². The lowest BCUT2D eigenvalue weighted by Crippen LogP contribution is -2.31. The minimum atomic E-state index is -0.261. The van der Waals surface area contributed by atoms with Crippen molar-refractivity contribution in [3.8, 4) is 0 Å². The normalized spacial score (nSPS) is 13.5. The van der Waals surface area contributed by atoms with Crippen molar-refractivity contribution in [3.63, 3.8) is 0 Å². The summed E-state index contributed by atoms with van der Waals surface area (Å²) < 4.78 is 0. The van der Waals surface area contributed by atoms with Crippen molar-refractivity contribution in [3.05, 3.63) is 65.7 Å². The summed E-state index contributed by atoms with van der Waals surface area (Å²) in [6.07, 6.45) is 2.25. The van der Waals surface area contributed by atoms with E-state index in [1.54, 1.807) is 48.5 Å². The smallest absolute Gasteiger partial charge is 0.255 e. The quantitative estimate of drug-likeness (QED) is 0.741. The number of para-hydroxylation sites is 1. The Morgan fingerprint density at radius 1 is 0.963 bits per heavy atom. The van der Waals surface area contributed by atoms with Crippen LogP contribution in [-0.4, -0.2) is 42.3 Å². The van der Waals surface area contributed by atoms with Crippen LogP contribution in [0.5, 0.6) is 0 Å². The van der Waals surface area contributed by atoms with Gasteiger partial charge in [-0.05, 0) is 37.1 Å². The summed E-state index contributed by atoms with van der Waals surface area (Å²) >= 11 is 0. The van der Waals surface area contributed by atoms with Crippen molar-refractivity contribution in [2.45, 2.75) is 19.3 Å². The van der Waals surface area contributed by atoms with Crippen molar-refractivity contribution < 1.29 is 14.4 Å². The van der Waals surface area contributed by atoms with E-state index in [2.05, 4.69) is 10.6 Å². The summed E-state index contributed by atoms with van der Waals surface area (Å²) in [4.78, 5) is 38.3. The van der Waals surface area contributed by atoms with E-state index in [0.29, 0.717) is 42.7 Å². The van der Waals surface area contributed by atoms with Gasteiger partial charge in [0.1, 0.15) is 0 Å². The molecule has 0 saturated carbocycles. The summed E-state index contributed by atoms with van der Waals surface area (Å²) in [5, 5.41) is 5.66. The molecule has 6 nitrogen and oxygen atoms in total. The molecule has 6 heteroatoms. The molecule has 1 fully saturated rings. The fraction of sp³-hybridized carbons (Fsp3) is 0.286. The van der Waals surface area contributed by atoms with Gasteiger partial charge < -0.3 is 15.5 Å². The third-order valence-electron chi connectivity index (χ3n) is 4.52. The van der Waals surface area contributed by atoms with E-state index < -0.39 is 0 Å². The number of nitrogens with zero attached hydrogens (tertiary/aromatic N) is 1. The van der Waals surface area contributed by atoms with Crippen molar-refractivity contribution >= 4 is 23.4 Å². The number of benzene rings is 2. The standard InChI is InChI=1S/C21H23N3O3/c25-19-12-6-14-24(19)15-7-13-22-21(27)17-10-4-5-11-18(17)23-20(26)16-8-2-1-3-9-16/h1-5,8-11H,6-7,12-15H2,(H,22,27)(H,23,26). The van der Waals surface area contributed by atoms with Gasteiger partial charge >= 0.3 is 0 Å². The van der Waals surface area contributed by atoms with Gasteiger partial charge in [0.25, 0.3) is 11.8 Å². The number of amides is 3. The molecule has 0 aliphatic carbocycles. The highest BCUT2D eigenvalue weighted by atomic mass is 16.2. The van der Waals surface area contributed by atoms with Crippen LogP contribution < -0.4 is 10.6 Å². The zero-order valence-electron chi connectivity index (χ0n) is 15.1. The zero-order chi connectivity index (χ0) is 19.1. The molecule has 1 saturated heterocycles. The van der Waals surface area contributed by atoms with E-state index in [-0.39, 0.29) is 17.7 Å². The van der Waals surface area contributed by atoms with Crippen LogP contribution in [0.25, 0.3) is 0 Å². The topological polar surface area (TPSA) is 78.5 Å². The summed E-state index contributed by atoms with van der Waals surface area (Å²) in [5.74, 6) is -0.314. The van der Waals surface area contributed by atoms with E-state index in [0.717, 1.165) is 13.0 Å². The second kappa shape index (κ2) is 8.98. The Bertz CT molecular complexity index is 820. The Hall–Kier alpha value is -3.15. The maximum atomic E-state index is 12.5. The largest absolute Gasteiger partial charge is 0.352 e. The number of hydrogen-bond acceptors (Lipinski definition) is 3. The lowest BCUT2D eigenvalue weighted by Gasteiger charge is -2.16. The first-order valence-electron chi connectivity index (χ1n) is 9.16. The highest BCUT2D eigenvalue weighted by Gasteiger charge is 2.19. The lowest BCUT2D eigenvalue weighted by molar-refractivity contribution is -0.127. The van der Waals surface area contributed by atoms with Crippen molar-refractivity contribution in [2.75, 3.05) is 25.0 Å². The van der Waals surface area contributed by atoms with Crippen molar-refractivity contribution in [1.82, 2.24) is 10.2 Å². The number of carbonyl (C=O) groups excluding carboxylic acids is 3. The molecule has 2 N–H and O–H groups in total. The van der Waals surface area contributed by atoms with Gasteiger partial charge in [0.2, 0.25) is 5.91 Å². The first-order chi connectivity index (χ1) is 13.1. The van der Waals surface area contributed by atoms with Gasteiger partial charge in [-0.15, -0.1) is 0 Å². The summed E-state index contributed by atoms with van der Waals surface area (Å²) in [6, 6.07) is 15.8. The second-order valence-electron chi connectivity index (χ2n) is 6.46. The minimum Gasteiger partial charge on any atom is -0.352 e. The number of anilines is 1. The molecule has 0 bridgehead atoms. The van der Waals surface area contributed by atoms with Gasteiger partial charge in [0.15, 0.2) is 0 Å². The SMILES string of the molecule is O=C(Nc1ccccc1C(=O)NCCCN1CCCC1=O)c1ccccc1. The van der Waals surface area contributed by atoms with Crippen LogP contribution in [0.2, 0.25) is 0 Å². The molecule has 0 spiro atoms. The second-order valence-corrected chi connectivity index (χ2v) is 6.46. The highest BCUT2D eigenvalue weighted by molar-refractivity contribution is 6.08. The fourth-order valence-electron chi connectivity index (χ4n) is 3.08. The predicted octanol–water partition coefficient (Wildman–Crippen LogP) is 2.68. The van der Waals surface area contributed by atoms with Crippen LogP contribution >= 0.6 is 0 Å². The molecule has 0 unspecified atom stereocenters. The van der Waals surface area contributed by atoms with Crippen LogP contribution in [0.1, 0.15) is 40.0 Å². The Balaban J connectivity index is 1.55. The summed E-state index contributed by atoms with van der Waals surface area (Å²) in [6.45, 7) is 1.94. The third-order valence-corrected chi connectivity index (χ3v) is 4.52. The fourth-order valence-corrected chi connectivity index (χ4v) is 3.08. The number of likely N-dealkylation sites (tertiary alicyclic amines) is 1. The molecular weight excluding hydrogens is 342 g/mol. The molecule has 3 rings (SSSR count). The number of carbonyl (C=O) groups is 3. The van der Waals surface area contributed by atoms with Gasteiger partial charge in [-0.2, -0.15) is 0 Å². The molecule has 2 aromatic rings. The van der Waals surface area contributed by atoms with Crippen molar-refractivity contribution in [1.29, 1.82) is 0 Å². The van der Waals surface area contributed by atoms with Crippen LogP contribution in [0.3, 0.4) is 0 Å². The number of nitrogens with one attached hydrogen (secondary N) is 2. The number of rotatable bonds is 7. The molecule has 2 aromatic carbocycles. The van der Waals surface area contributed by atoms with Gasteiger partial charge in [-0.25, -0.2) is 0 Å². The Labute approximate surface area is 158 Å². The van der Waals surface area contributed by atoms with Crippen LogP contribution in [0.15, 0.2) is 54.6 Å². The maximum Gasteiger partial charge on any atom is 0.255 e. The van der Waals surface area contributed by atoms with Gasteiger partial charge in [-0.3, -0.25) is 14.4 Å². The van der Waals surface area contributed by atoms with Crippen LogP contribution in [0, 0.1) is 0 Å². The first-order valence-corrected chi connectivity index (χ1v) is 9.16. The number of hydrogen-bond donors (Lipinski definition) is 2. The van der Waals surface area contributed by atoms with E-state index in [1.165, 1.54) is 0 Å². The van der Waals surface area contributed by atoms with E-state index in [9.17, 15) is 14.4 Å². The summed E-state index contributed by atoms with van der Waals surface area (Å²) in [5.41, 5.74) is 1.42. The molecule has 0 radical (unpaired) electrons.